The third-order valence-corrected chi connectivity index (χ3v) is 7.02. The molecule has 0 radical (unpaired) electrons. The van der Waals surface area contributed by atoms with Gasteiger partial charge in [-0.15, -0.1) is 0 Å². The second-order valence-electron chi connectivity index (χ2n) is 9.72. The first-order chi connectivity index (χ1) is 18.6. The first kappa shape index (κ1) is 25.5. The van der Waals surface area contributed by atoms with Crippen LogP contribution in [-0.2, 0) is 6.61 Å². The molecule has 1 aliphatic rings. The summed E-state index contributed by atoms with van der Waals surface area (Å²) in [6, 6.07) is 19.3. The molecule has 1 saturated carbocycles. The molecule has 0 amide bonds. The molecule has 196 valence electrons. The Labute approximate surface area is 222 Å². The summed E-state index contributed by atoms with van der Waals surface area (Å²) >= 11 is 0. The first-order valence-corrected chi connectivity index (χ1v) is 13.1. The summed E-state index contributed by atoms with van der Waals surface area (Å²) in [6.45, 7) is 2.43. The maximum atomic E-state index is 13.5. The zero-order valence-electron chi connectivity index (χ0n) is 22.1. The highest BCUT2D eigenvalue weighted by Crippen LogP contribution is 2.39. The van der Waals surface area contributed by atoms with Crippen LogP contribution in [-0.4, -0.2) is 30.1 Å². The molecular weight excluding hydrogens is 478 g/mol. The van der Waals surface area contributed by atoms with Gasteiger partial charge in [-0.2, -0.15) is 9.78 Å². The van der Waals surface area contributed by atoms with Gasteiger partial charge in [-0.1, -0.05) is 61.2 Å². The second kappa shape index (κ2) is 11.5. The van der Waals surface area contributed by atoms with Crippen LogP contribution in [0.1, 0.15) is 60.5 Å². The number of aryl methyl sites for hydroxylation is 1. The minimum Gasteiger partial charge on any atom is -0.493 e. The lowest BCUT2D eigenvalue weighted by Gasteiger charge is -2.22. The number of fused-ring (bicyclic) bond motifs is 1. The molecule has 1 aliphatic carbocycles. The summed E-state index contributed by atoms with van der Waals surface area (Å²) in [7, 11) is 3.18. The summed E-state index contributed by atoms with van der Waals surface area (Å²) in [5, 5.41) is 5.20. The maximum absolute atomic E-state index is 13.5. The van der Waals surface area contributed by atoms with Crippen LogP contribution in [0.4, 0.5) is 0 Å². The first-order valence-electron chi connectivity index (χ1n) is 13.1. The predicted molar refractivity (Wildman–Crippen MR) is 150 cm³/mol. The van der Waals surface area contributed by atoms with E-state index in [9.17, 15) is 4.79 Å². The Morgan fingerprint density at radius 1 is 0.974 bits per heavy atom. The van der Waals surface area contributed by atoms with Crippen molar-refractivity contribution in [2.75, 3.05) is 14.2 Å². The van der Waals surface area contributed by atoms with Gasteiger partial charge in [0.05, 0.1) is 31.3 Å². The fraction of sp³-hybridized carbons (Fsp3) is 0.323. The molecule has 1 heterocycles. The van der Waals surface area contributed by atoms with E-state index in [0.29, 0.717) is 34.8 Å². The molecule has 0 bridgehead atoms. The second-order valence-corrected chi connectivity index (χ2v) is 9.72. The van der Waals surface area contributed by atoms with Gasteiger partial charge in [0, 0.05) is 11.5 Å². The summed E-state index contributed by atoms with van der Waals surface area (Å²) in [6.07, 6.45) is 7.16. The normalized spacial score (nSPS) is 14.2. The van der Waals surface area contributed by atoms with Gasteiger partial charge in [0.1, 0.15) is 12.4 Å². The number of aromatic nitrogens is 2. The molecule has 0 atom stereocenters. The molecule has 7 nitrogen and oxygen atoms in total. The van der Waals surface area contributed by atoms with Crippen molar-refractivity contribution in [3.63, 3.8) is 0 Å². The molecule has 1 aromatic heterocycles. The molecule has 7 heteroatoms. The molecule has 0 N–H and O–H groups in total. The van der Waals surface area contributed by atoms with Gasteiger partial charge in [0.25, 0.3) is 5.56 Å². The molecule has 1 fully saturated rings. The number of ether oxygens (including phenoxy) is 3. The SMILES string of the molecule is COc1cc(C=Nn2c(C3CCCCC3)nc3ccccc3c2=O)cc(OC)c1OCc1cccc(C)c1. The number of methoxy groups -OCH3 is 2. The number of nitrogens with zero attached hydrogens (tertiary/aromatic N) is 3. The van der Waals surface area contributed by atoms with Crippen molar-refractivity contribution in [2.45, 2.75) is 51.6 Å². The molecule has 0 aliphatic heterocycles. The van der Waals surface area contributed by atoms with Gasteiger partial charge in [-0.05, 0) is 49.6 Å². The van der Waals surface area contributed by atoms with Crippen LogP contribution in [0.5, 0.6) is 17.2 Å². The van der Waals surface area contributed by atoms with Gasteiger partial charge < -0.3 is 14.2 Å². The topological polar surface area (TPSA) is 74.9 Å². The molecule has 38 heavy (non-hydrogen) atoms. The minimum atomic E-state index is -0.163. The van der Waals surface area contributed by atoms with E-state index in [4.69, 9.17) is 19.2 Å². The molecule has 4 aromatic rings. The Kier molecular flexibility index (Phi) is 7.73. The highest BCUT2D eigenvalue weighted by atomic mass is 16.5. The third kappa shape index (κ3) is 5.42. The average molecular weight is 512 g/mol. The van der Waals surface area contributed by atoms with Gasteiger partial charge >= 0.3 is 0 Å². The smallest absolute Gasteiger partial charge is 0.282 e. The number of rotatable bonds is 8. The van der Waals surface area contributed by atoms with Gasteiger partial charge in [-0.3, -0.25) is 4.79 Å². The van der Waals surface area contributed by atoms with Crippen LogP contribution in [0.2, 0.25) is 0 Å². The zero-order chi connectivity index (χ0) is 26.5. The highest BCUT2D eigenvalue weighted by molar-refractivity contribution is 5.83. The summed E-state index contributed by atoms with van der Waals surface area (Å²) in [4.78, 5) is 18.4. The summed E-state index contributed by atoms with van der Waals surface area (Å²) in [5.74, 6) is 2.49. The molecule has 0 unspecified atom stereocenters. The van der Waals surface area contributed by atoms with Crippen molar-refractivity contribution in [3.8, 4) is 17.2 Å². The number of hydrogen-bond acceptors (Lipinski definition) is 6. The number of hydrogen-bond donors (Lipinski definition) is 0. The van der Waals surface area contributed by atoms with Crippen LogP contribution in [0.15, 0.2) is 70.6 Å². The Bertz CT molecular complexity index is 1490. The fourth-order valence-corrected chi connectivity index (χ4v) is 5.08. The largest absolute Gasteiger partial charge is 0.493 e. The highest BCUT2D eigenvalue weighted by Gasteiger charge is 2.22. The molecule has 0 saturated heterocycles. The maximum Gasteiger partial charge on any atom is 0.282 e. The Morgan fingerprint density at radius 2 is 1.71 bits per heavy atom. The monoisotopic (exact) mass is 511 g/mol. The van der Waals surface area contributed by atoms with E-state index in [1.807, 2.05) is 42.5 Å². The van der Waals surface area contributed by atoms with E-state index < -0.39 is 0 Å². The molecule has 5 rings (SSSR count). The van der Waals surface area contributed by atoms with Crippen molar-refractivity contribution in [1.82, 2.24) is 9.66 Å². The third-order valence-electron chi connectivity index (χ3n) is 7.02. The van der Waals surface area contributed by atoms with Crippen LogP contribution < -0.4 is 19.8 Å². The zero-order valence-corrected chi connectivity index (χ0v) is 22.1. The molecular formula is C31H33N3O4. The van der Waals surface area contributed by atoms with Crippen LogP contribution >= 0.6 is 0 Å². The standard InChI is InChI=1S/C31H33N3O4/c1-21-10-9-11-22(16-21)20-38-29-27(36-2)17-23(18-28(29)37-3)19-32-34-30(24-12-5-4-6-13-24)33-26-15-8-7-14-25(26)31(34)35/h7-11,14-19,24H,4-6,12-13,20H2,1-3H3. The van der Waals surface area contributed by atoms with Crippen molar-refractivity contribution in [3.05, 3.63) is 93.5 Å². The lowest BCUT2D eigenvalue weighted by Crippen LogP contribution is -2.25. The average Bonchev–Trinajstić information content (AvgIpc) is 2.95. The van der Waals surface area contributed by atoms with Gasteiger partial charge in [0.2, 0.25) is 5.75 Å². The van der Waals surface area contributed by atoms with Crippen molar-refractivity contribution in [2.24, 2.45) is 5.10 Å². The predicted octanol–water partition coefficient (Wildman–Crippen LogP) is 6.23. The lowest BCUT2D eigenvalue weighted by atomic mass is 9.88. The van der Waals surface area contributed by atoms with E-state index in [-0.39, 0.29) is 11.5 Å². The van der Waals surface area contributed by atoms with Crippen LogP contribution in [0.25, 0.3) is 10.9 Å². The Morgan fingerprint density at radius 3 is 2.42 bits per heavy atom. The quantitative estimate of drug-likeness (QED) is 0.262. The van der Waals surface area contributed by atoms with Crippen LogP contribution in [0.3, 0.4) is 0 Å². The van der Waals surface area contributed by atoms with Gasteiger partial charge in [0.15, 0.2) is 11.5 Å². The van der Waals surface area contributed by atoms with Crippen molar-refractivity contribution >= 4 is 17.1 Å². The Balaban J connectivity index is 1.50. The van der Waals surface area contributed by atoms with E-state index >= 15 is 0 Å². The number of para-hydroxylation sites is 1. The van der Waals surface area contributed by atoms with E-state index in [0.717, 1.165) is 42.6 Å². The van der Waals surface area contributed by atoms with Crippen molar-refractivity contribution < 1.29 is 14.2 Å². The molecule has 0 spiro atoms. The van der Waals surface area contributed by atoms with E-state index in [1.165, 1.54) is 16.7 Å². The van der Waals surface area contributed by atoms with E-state index in [1.54, 1.807) is 26.5 Å². The van der Waals surface area contributed by atoms with E-state index in [2.05, 4.69) is 24.2 Å². The lowest BCUT2D eigenvalue weighted by molar-refractivity contribution is 0.266. The minimum absolute atomic E-state index is 0.163. The van der Waals surface area contributed by atoms with Gasteiger partial charge in [-0.25, -0.2) is 4.98 Å². The summed E-state index contributed by atoms with van der Waals surface area (Å²) < 4.78 is 18.9. The Hall–Kier alpha value is -4.13. The van der Waals surface area contributed by atoms with Crippen molar-refractivity contribution in [1.29, 1.82) is 0 Å². The number of benzene rings is 3. The fourth-order valence-electron chi connectivity index (χ4n) is 5.08. The molecule has 3 aromatic carbocycles. The van der Waals surface area contributed by atoms with Crippen LogP contribution in [0, 0.1) is 6.92 Å². The summed E-state index contributed by atoms with van der Waals surface area (Å²) in [5.41, 5.74) is 3.49.